The predicted molar refractivity (Wildman–Crippen MR) is 60.1 cm³/mol. The Labute approximate surface area is 90.2 Å². The van der Waals surface area contributed by atoms with Crippen LogP contribution < -0.4 is 10.1 Å². The van der Waals surface area contributed by atoms with Gasteiger partial charge < -0.3 is 10.1 Å². The van der Waals surface area contributed by atoms with Crippen molar-refractivity contribution in [3.05, 3.63) is 35.7 Å². The third-order valence-electron chi connectivity index (χ3n) is 2.46. The molecule has 0 aromatic carbocycles. The molecule has 0 amide bonds. The molecule has 0 fully saturated rings. The highest BCUT2D eigenvalue weighted by molar-refractivity contribution is 5.30. The predicted octanol–water partition coefficient (Wildman–Crippen LogP) is 1.61. The van der Waals surface area contributed by atoms with Gasteiger partial charge in [-0.3, -0.25) is 4.98 Å². The molecule has 1 aromatic heterocycles. The summed E-state index contributed by atoms with van der Waals surface area (Å²) in [6.45, 7) is 5.60. The van der Waals surface area contributed by atoms with Gasteiger partial charge in [-0.25, -0.2) is 0 Å². The maximum Gasteiger partial charge on any atom is 0.140 e. The van der Waals surface area contributed by atoms with Crippen LogP contribution in [0.25, 0.3) is 0 Å². The summed E-state index contributed by atoms with van der Waals surface area (Å²) in [6.07, 6.45) is 6.11. The second-order valence-electron chi connectivity index (χ2n) is 3.85. The quantitative estimate of drug-likeness (QED) is 0.759. The van der Waals surface area contributed by atoms with Gasteiger partial charge in [-0.15, -0.1) is 0 Å². The van der Waals surface area contributed by atoms with Crippen LogP contribution in [-0.4, -0.2) is 24.2 Å². The van der Waals surface area contributed by atoms with Crippen molar-refractivity contribution >= 4 is 0 Å². The summed E-state index contributed by atoms with van der Waals surface area (Å²) >= 11 is 0. The normalized spacial score (nSPS) is 19.5. The summed E-state index contributed by atoms with van der Waals surface area (Å²) in [7, 11) is 0. The second-order valence-corrected chi connectivity index (χ2v) is 3.85. The van der Waals surface area contributed by atoms with Gasteiger partial charge in [0.05, 0.1) is 11.7 Å². The van der Waals surface area contributed by atoms with Crippen LogP contribution in [0.2, 0.25) is 0 Å². The van der Waals surface area contributed by atoms with Crippen molar-refractivity contribution in [1.29, 1.82) is 0 Å². The Hall–Kier alpha value is -1.35. The molecular formula is C12H16N2O. The Balaban J connectivity index is 1.97. The van der Waals surface area contributed by atoms with E-state index in [4.69, 9.17) is 4.74 Å². The Morgan fingerprint density at radius 1 is 1.53 bits per heavy atom. The molecule has 1 aromatic rings. The SMILES string of the molecule is Cc1cnc(C)c(OC[C@@H]2C=CCN2)c1. The van der Waals surface area contributed by atoms with Crippen LogP contribution in [0.3, 0.4) is 0 Å². The monoisotopic (exact) mass is 204 g/mol. The highest BCUT2D eigenvalue weighted by atomic mass is 16.5. The van der Waals surface area contributed by atoms with Crippen LogP contribution >= 0.6 is 0 Å². The average molecular weight is 204 g/mol. The first-order valence-electron chi connectivity index (χ1n) is 5.22. The molecule has 1 atom stereocenters. The van der Waals surface area contributed by atoms with E-state index in [1.54, 1.807) is 0 Å². The van der Waals surface area contributed by atoms with Gasteiger partial charge in [0, 0.05) is 12.7 Å². The molecule has 15 heavy (non-hydrogen) atoms. The van der Waals surface area contributed by atoms with Gasteiger partial charge in [0.1, 0.15) is 12.4 Å². The zero-order valence-electron chi connectivity index (χ0n) is 9.16. The van der Waals surface area contributed by atoms with Crippen LogP contribution in [0.15, 0.2) is 24.4 Å². The van der Waals surface area contributed by atoms with E-state index in [0.29, 0.717) is 12.6 Å². The van der Waals surface area contributed by atoms with E-state index in [9.17, 15) is 0 Å². The first-order chi connectivity index (χ1) is 7.25. The molecule has 0 aliphatic carbocycles. The lowest BCUT2D eigenvalue weighted by Crippen LogP contribution is -2.28. The molecule has 80 valence electrons. The number of hydrogen-bond acceptors (Lipinski definition) is 3. The van der Waals surface area contributed by atoms with Gasteiger partial charge in [-0.1, -0.05) is 12.2 Å². The molecule has 0 saturated heterocycles. The number of ether oxygens (including phenoxy) is 1. The van der Waals surface area contributed by atoms with Crippen molar-refractivity contribution in [1.82, 2.24) is 10.3 Å². The lowest BCUT2D eigenvalue weighted by Gasteiger charge is -2.13. The third kappa shape index (κ3) is 2.57. The van der Waals surface area contributed by atoms with Crippen molar-refractivity contribution in [2.24, 2.45) is 0 Å². The molecular weight excluding hydrogens is 188 g/mol. The minimum Gasteiger partial charge on any atom is -0.490 e. The van der Waals surface area contributed by atoms with E-state index in [1.165, 1.54) is 0 Å². The number of aromatic nitrogens is 1. The zero-order valence-corrected chi connectivity index (χ0v) is 9.16. The molecule has 0 bridgehead atoms. The highest BCUT2D eigenvalue weighted by Gasteiger charge is 2.09. The summed E-state index contributed by atoms with van der Waals surface area (Å²) in [5, 5.41) is 3.30. The molecule has 0 unspecified atom stereocenters. The largest absolute Gasteiger partial charge is 0.490 e. The van der Waals surface area contributed by atoms with Crippen LogP contribution in [0, 0.1) is 13.8 Å². The van der Waals surface area contributed by atoms with Gasteiger partial charge in [-0.05, 0) is 25.5 Å². The summed E-state index contributed by atoms with van der Waals surface area (Å²) in [4.78, 5) is 4.26. The summed E-state index contributed by atoms with van der Waals surface area (Å²) < 4.78 is 5.73. The Kier molecular flexibility index (Phi) is 3.02. The van der Waals surface area contributed by atoms with Gasteiger partial charge in [0.2, 0.25) is 0 Å². The lowest BCUT2D eigenvalue weighted by molar-refractivity contribution is 0.290. The fourth-order valence-electron chi connectivity index (χ4n) is 1.57. The van der Waals surface area contributed by atoms with E-state index in [-0.39, 0.29) is 0 Å². The Morgan fingerprint density at radius 3 is 3.13 bits per heavy atom. The standard InChI is InChI=1S/C12H16N2O/c1-9-6-12(10(2)14-7-9)15-8-11-4-3-5-13-11/h3-4,6-7,11,13H,5,8H2,1-2H3/t11-/m0/s1. The number of nitrogens with zero attached hydrogens (tertiary/aromatic N) is 1. The molecule has 0 radical (unpaired) electrons. The van der Waals surface area contributed by atoms with E-state index in [1.807, 2.05) is 26.1 Å². The zero-order chi connectivity index (χ0) is 10.7. The fraction of sp³-hybridized carbons (Fsp3) is 0.417. The molecule has 3 nitrogen and oxygen atoms in total. The minimum absolute atomic E-state index is 0.338. The second kappa shape index (κ2) is 4.45. The van der Waals surface area contributed by atoms with Crippen LogP contribution in [0.5, 0.6) is 5.75 Å². The maximum absolute atomic E-state index is 5.73. The van der Waals surface area contributed by atoms with Gasteiger partial charge in [0.15, 0.2) is 0 Å². The number of pyridine rings is 1. The minimum atomic E-state index is 0.338. The molecule has 0 saturated carbocycles. The van der Waals surface area contributed by atoms with E-state index < -0.39 is 0 Å². The first-order valence-corrected chi connectivity index (χ1v) is 5.22. The van der Waals surface area contributed by atoms with Crippen molar-refractivity contribution < 1.29 is 4.74 Å². The van der Waals surface area contributed by atoms with Crippen LogP contribution in [0.1, 0.15) is 11.3 Å². The number of aryl methyl sites for hydroxylation is 2. The molecule has 2 rings (SSSR count). The Morgan fingerprint density at radius 2 is 2.40 bits per heavy atom. The molecule has 3 heteroatoms. The van der Waals surface area contributed by atoms with Gasteiger partial charge in [0.25, 0.3) is 0 Å². The highest BCUT2D eigenvalue weighted by Crippen LogP contribution is 2.16. The molecule has 1 N–H and O–H groups in total. The van der Waals surface area contributed by atoms with Gasteiger partial charge >= 0.3 is 0 Å². The van der Waals surface area contributed by atoms with Crippen molar-refractivity contribution in [3.8, 4) is 5.75 Å². The van der Waals surface area contributed by atoms with E-state index in [0.717, 1.165) is 23.6 Å². The van der Waals surface area contributed by atoms with Crippen molar-refractivity contribution in [3.63, 3.8) is 0 Å². The average Bonchev–Trinajstić information content (AvgIpc) is 2.72. The Bertz CT molecular complexity index is 374. The number of nitrogens with one attached hydrogen (secondary N) is 1. The molecule has 1 aliphatic heterocycles. The topological polar surface area (TPSA) is 34.1 Å². The van der Waals surface area contributed by atoms with Crippen LogP contribution in [-0.2, 0) is 0 Å². The molecule has 2 heterocycles. The van der Waals surface area contributed by atoms with E-state index in [2.05, 4.69) is 22.5 Å². The maximum atomic E-state index is 5.73. The lowest BCUT2D eigenvalue weighted by atomic mass is 10.2. The first kappa shape index (κ1) is 10.2. The number of rotatable bonds is 3. The summed E-state index contributed by atoms with van der Waals surface area (Å²) in [5.41, 5.74) is 2.08. The summed E-state index contributed by atoms with van der Waals surface area (Å²) in [6, 6.07) is 2.37. The molecule has 1 aliphatic rings. The van der Waals surface area contributed by atoms with Gasteiger partial charge in [-0.2, -0.15) is 0 Å². The van der Waals surface area contributed by atoms with E-state index >= 15 is 0 Å². The van der Waals surface area contributed by atoms with Crippen molar-refractivity contribution in [2.75, 3.05) is 13.2 Å². The fourth-order valence-corrected chi connectivity index (χ4v) is 1.57. The third-order valence-corrected chi connectivity index (χ3v) is 2.46. The number of hydrogen-bond donors (Lipinski definition) is 1. The smallest absolute Gasteiger partial charge is 0.140 e. The van der Waals surface area contributed by atoms with Crippen molar-refractivity contribution in [2.45, 2.75) is 19.9 Å². The summed E-state index contributed by atoms with van der Waals surface area (Å²) in [5.74, 6) is 0.886. The molecule has 0 spiro atoms. The van der Waals surface area contributed by atoms with Crippen LogP contribution in [0.4, 0.5) is 0 Å².